The van der Waals surface area contributed by atoms with Crippen molar-refractivity contribution in [2.24, 2.45) is 0 Å². The van der Waals surface area contributed by atoms with Crippen LogP contribution in [0.1, 0.15) is 33.1 Å². The number of morpholine rings is 1. The molecule has 0 aliphatic carbocycles. The van der Waals surface area contributed by atoms with Gasteiger partial charge in [0, 0.05) is 24.2 Å². The van der Waals surface area contributed by atoms with E-state index >= 15 is 0 Å². The second-order valence-electron chi connectivity index (χ2n) is 7.46. The highest BCUT2D eigenvalue weighted by Gasteiger charge is 2.34. The number of carbonyl (C=O) groups excluding carboxylic acids is 2. The standard InChI is InChI=1S/C22H25N3O5/c1-15-4-2-3-5-18(15)19-14-30-20-12-16(21(26)23-28)6-7-17(20)13-25(19)22(27)24-8-10-29-11-9-24/h2-7,12,19,28H,8-11,13-14H2,1H3,(H,23,26). The summed E-state index contributed by atoms with van der Waals surface area (Å²) in [4.78, 5) is 28.9. The van der Waals surface area contributed by atoms with Gasteiger partial charge >= 0.3 is 6.03 Å². The molecule has 1 fully saturated rings. The van der Waals surface area contributed by atoms with Gasteiger partial charge in [0.2, 0.25) is 0 Å². The minimum Gasteiger partial charge on any atom is -0.491 e. The molecule has 30 heavy (non-hydrogen) atoms. The number of aryl methyl sites for hydroxylation is 1. The van der Waals surface area contributed by atoms with Crippen LogP contribution in [0, 0.1) is 6.92 Å². The van der Waals surface area contributed by atoms with E-state index in [1.54, 1.807) is 23.7 Å². The molecule has 2 aromatic carbocycles. The average Bonchev–Trinajstić information content (AvgIpc) is 2.98. The first kappa shape index (κ1) is 20.2. The third-order valence-electron chi connectivity index (χ3n) is 5.62. The van der Waals surface area contributed by atoms with Crippen LogP contribution in [0.2, 0.25) is 0 Å². The molecule has 2 heterocycles. The van der Waals surface area contributed by atoms with E-state index in [9.17, 15) is 9.59 Å². The van der Waals surface area contributed by atoms with E-state index in [0.717, 1.165) is 16.7 Å². The van der Waals surface area contributed by atoms with E-state index in [0.29, 0.717) is 38.6 Å². The van der Waals surface area contributed by atoms with E-state index in [-0.39, 0.29) is 24.2 Å². The molecule has 2 N–H and O–H groups in total. The molecule has 4 rings (SSSR count). The lowest BCUT2D eigenvalue weighted by Crippen LogP contribution is -2.49. The molecule has 0 radical (unpaired) electrons. The van der Waals surface area contributed by atoms with Crippen LogP contribution in [0.3, 0.4) is 0 Å². The van der Waals surface area contributed by atoms with Crippen molar-refractivity contribution in [3.63, 3.8) is 0 Å². The van der Waals surface area contributed by atoms with Crippen LogP contribution in [0.15, 0.2) is 42.5 Å². The van der Waals surface area contributed by atoms with Gasteiger partial charge in [0.05, 0.1) is 25.8 Å². The molecule has 1 unspecified atom stereocenters. The Kier molecular flexibility index (Phi) is 5.87. The molecule has 8 nitrogen and oxygen atoms in total. The Hall–Kier alpha value is -3.10. The van der Waals surface area contributed by atoms with Gasteiger partial charge in [0.15, 0.2) is 0 Å². The number of nitrogens with zero attached hydrogens (tertiary/aromatic N) is 2. The first-order valence-corrected chi connectivity index (χ1v) is 9.97. The second-order valence-corrected chi connectivity index (χ2v) is 7.46. The van der Waals surface area contributed by atoms with Crippen molar-refractivity contribution in [2.45, 2.75) is 19.5 Å². The molecular weight excluding hydrogens is 386 g/mol. The maximum atomic E-state index is 13.5. The van der Waals surface area contributed by atoms with Gasteiger partial charge in [-0.1, -0.05) is 30.3 Å². The molecular formula is C22H25N3O5. The van der Waals surface area contributed by atoms with Crippen molar-refractivity contribution in [1.82, 2.24) is 15.3 Å². The van der Waals surface area contributed by atoms with Gasteiger partial charge < -0.3 is 19.3 Å². The maximum absolute atomic E-state index is 13.5. The minimum atomic E-state index is -0.609. The van der Waals surface area contributed by atoms with E-state index < -0.39 is 5.91 Å². The van der Waals surface area contributed by atoms with Crippen molar-refractivity contribution in [3.05, 3.63) is 64.7 Å². The number of hydrogen-bond acceptors (Lipinski definition) is 5. The van der Waals surface area contributed by atoms with Crippen LogP contribution in [0.25, 0.3) is 0 Å². The molecule has 0 bridgehead atoms. The predicted octanol–water partition coefficient (Wildman–Crippen LogP) is 2.50. The third kappa shape index (κ3) is 3.96. The van der Waals surface area contributed by atoms with Crippen LogP contribution in [0.4, 0.5) is 4.79 Å². The highest BCUT2D eigenvalue weighted by molar-refractivity contribution is 5.93. The number of ether oxygens (including phenoxy) is 2. The number of fused-ring (bicyclic) bond motifs is 1. The number of rotatable bonds is 2. The second kappa shape index (κ2) is 8.73. The number of benzene rings is 2. The Labute approximate surface area is 174 Å². The van der Waals surface area contributed by atoms with Gasteiger partial charge in [-0.3, -0.25) is 10.0 Å². The van der Waals surface area contributed by atoms with Gasteiger partial charge in [0.1, 0.15) is 12.4 Å². The summed E-state index contributed by atoms with van der Waals surface area (Å²) in [5.41, 5.74) is 4.84. The minimum absolute atomic E-state index is 0.0554. The molecule has 2 aliphatic rings. The number of amides is 3. The summed E-state index contributed by atoms with van der Waals surface area (Å²) in [5, 5.41) is 8.92. The van der Waals surface area contributed by atoms with Gasteiger partial charge in [-0.2, -0.15) is 0 Å². The molecule has 1 atom stereocenters. The van der Waals surface area contributed by atoms with Gasteiger partial charge in [-0.25, -0.2) is 10.3 Å². The smallest absolute Gasteiger partial charge is 0.321 e. The Bertz CT molecular complexity index is 942. The zero-order valence-electron chi connectivity index (χ0n) is 16.8. The van der Waals surface area contributed by atoms with Gasteiger partial charge in [-0.05, 0) is 30.2 Å². The van der Waals surface area contributed by atoms with Crippen LogP contribution in [0.5, 0.6) is 5.75 Å². The van der Waals surface area contributed by atoms with Crippen molar-refractivity contribution in [1.29, 1.82) is 0 Å². The predicted molar refractivity (Wildman–Crippen MR) is 108 cm³/mol. The topological polar surface area (TPSA) is 91.3 Å². The summed E-state index contributed by atoms with van der Waals surface area (Å²) in [7, 11) is 0. The Morgan fingerprint density at radius 1 is 1.13 bits per heavy atom. The van der Waals surface area contributed by atoms with Crippen LogP contribution in [-0.4, -0.2) is 59.9 Å². The Balaban J connectivity index is 1.71. The van der Waals surface area contributed by atoms with Crippen molar-refractivity contribution in [2.75, 3.05) is 32.9 Å². The fraction of sp³-hybridized carbons (Fsp3) is 0.364. The first-order chi connectivity index (χ1) is 14.6. The zero-order valence-corrected chi connectivity index (χ0v) is 16.8. The number of carbonyl (C=O) groups is 2. The maximum Gasteiger partial charge on any atom is 0.321 e. The number of nitrogens with one attached hydrogen (secondary N) is 1. The molecule has 0 spiro atoms. The SMILES string of the molecule is Cc1ccccc1C1COc2cc(C(=O)NO)ccc2CN1C(=O)N1CCOCC1. The third-order valence-corrected chi connectivity index (χ3v) is 5.62. The van der Waals surface area contributed by atoms with Gasteiger partial charge in [0.25, 0.3) is 5.91 Å². The van der Waals surface area contributed by atoms with E-state index in [1.165, 1.54) is 0 Å². The van der Waals surface area contributed by atoms with Crippen molar-refractivity contribution in [3.8, 4) is 5.75 Å². The molecule has 0 aromatic heterocycles. The lowest BCUT2D eigenvalue weighted by Gasteiger charge is -2.36. The lowest BCUT2D eigenvalue weighted by atomic mass is 10.0. The summed E-state index contributed by atoms with van der Waals surface area (Å²) in [6, 6.07) is 12.6. The highest BCUT2D eigenvalue weighted by atomic mass is 16.5. The fourth-order valence-electron chi connectivity index (χ4n) is 3.93. The molecule has 2 aromatic rings. The average molecular weight is 411 g/mol. The quantitative estimate of drug-likeness (QED) is 0.585. The number of hydrogen-bond donors (Lipinski definition) is 2. The number of urea groups is 1. The first-order valence-electron chi connectivity index (χ1n) is 9.97. The molecule has 1 saturated heterocycles. The van der Waals surface area contributed by atoms with Crippen LogP contribution >= 0.6 is 0 Å². The molecule has 2 aliphatic heterocycles. The summed E-state index contributed by atoms with van der Waals surface area (Å²) in [6.07, 6.45) is 0. The summed E-state index contributed by atoms with van der Waals surface area (Å²) in [6.45, 7) is 4.80. The highest BCUT2D eigenvalue weighted by Crippen LogP contribution is 2.34. The lowest BCUT2D eigenvalue weighted by molar-refractivity contribution is 0.0361. The number of hydroxylamine groups is 1. The van der Waals surface area contributed by atoms with E-state index in [2.05, 4.69) is 0 Å². The Morgan fingerprint density at radius 2 is 1.90 bits per heavy atom. The van der Waals surface area contributed by atoms with E-state index in [1.807, 2.05) is 41.0 Å². The summed E-state index contributed by atoms with van der Waals surface area (Å²) in [5.74, 6) is -0.0747. The molecule has 8 heteroatoms. The monoisotopic (exact) mass is 411 g/mol. The van der Waals surface area contributed by atoms with Crippen molar-refractivity contribution >= 4 is 11.9 Å². The van der Waals surface area contributed by atoms with Crippen molar-refractivity contribution < 1.29 is 24.3 Å². The van der Waals surface area contributed by atoms with Gasteiger partial charge in [-0.15, -0.1) is 0 Å². The van der Waals surface area contributed by atoms with Crippen LogP contribution < -0.4 is 10.2 Å². The van der Waals surface area contributed by atoms with Crippen LogP contribution in [-0.2, 0) is 11.3 Å². The normalized spacial score (nSPS) is 18.8. The van der Waals surface area contributed by atoms with E-state index in [4.69, 9.17) is 14.7 Å². The summed E-state index contributed by atoms with van der Waals surface area (Å²) >= 11 is 0. The molecule has 3 amide bonds. The largest absolute Gasteiger partial charge is 0.491 e. The summed E-state index contributed by atoms with van der Waals surface area (Å²) < 4.78 is 11.5. The zero-order chi connectivity index (χ0) is 21.1. The Morgan fingerprint density at radius 3 is 2.63 bits per heavy atom. The molecule has 0 saturated carbocycles. The molecule has 158 valence electrons. The fourth-order valence-corrected chi connectivity index (χ4v) is 3.93.